The Morgan fingerprint density at radius 2 is 1.84 bits per heavy atom. The fraction of sp³-hybridized carbons (Fsp3) is 0.636. The normalized spacial score (nSPS) is 16.7. The molecule has 8 heteroatoms. The number of anilines is 2. The molecule has 1 aliphatic heterocycles. The first-order valence-corrected chi connectivity index (χ1v) is 7.72. The molecule has 1 fully saturated rings. The van der Waals surface area contributed by atoms with Crippen LogP contribution in [-0.4, -0.2) is 50.1 Å². The Morgan fingerprint density at radius 1 is 1.16 bits per heavy atom. The van der Waals surface area contributed by atoms with E-state index in [1.54, 1.807) is 12.1 Å². The summed E-state index contributed by atoms with van der Waals surface area (Å²) >= 11 is 0. The van der Waals surface area contributed by atoms with Gasteiger partial charge in [-0.15, -0.1) is 10.2 Å². The molecule has 1 aromatic rings. The van der Waals surface area contributed by atoms with Crippen LogP contribution in [0, 0.1) is 0 Å². The quantitative estimate of drug-likeness (QED) is 0.880. The van der Waals surface area contributed by atoms with E-state index in [9.17, 15) is 8.42 Å². The van der Waals surface area contributed by atoms with Crippen LogP contribution >= 0.6 is 0 Å². The molecule has 0 unspecified atom stereocenters. The number of hydrogen-bond donors (Lipinski definition) is 1. The zero-order chi connectivity index (χ0) is 13.9. The van der Waals surface area contributed by atoms with Gasteiger partial charge in [-0.2, -0.15) is 12.7 Å². The van der Waals surface area contributed by atoms with E-state index < -0.39 is 10.2 Å². The average Bonchev–Trinajstić information content (AvgIpc) is 2.40. The van der Waals surface area contributed by atoms with Gasteiger partial charge in [0.05, 0.1) is 0 Å². The van der Waals surface area contributed by atoms with E-state index >= 15 is 0 Å². The summed E-state index contributed by atoms with van der Waals surface area (Å²) in [6.07, 6.45) is 3.58. The van der Waals surface area contributed by atoms with E-state index in [1.807, 2.05) is 0 Å². The van der Waals surface area contributed by atoms with Gasteiger partial charge in [-0.1, -0.05) is 0 Å². The summed E-state index contributed by atoms with van der Waals surface area (Å²) < 4.78 is 26.7. The van der Waals surface area contributed by atoms with Crippen molar-refractivity contribution in [2.75, 3.05) is 36.8 Å². The first-order valence-electron chi connectivity index (χ1n) is 6.28. The van der Waals surface area contributed by atoms with Gasteiger partial charge in [-0.3, -0.25) is 4.72 Å². The third-order valence-electron chi connectivity index (χ3n) is 3.04. The first-order chi connectivity index (χ1) is 8.99. The van der Waals surface area contributed by atoms with Crippen molar-refractivity contribution in [1.29, 1.82) is 0 Å². The van der Waals surface area contributed by atoms with Gasteiger partial charge in [0, 0.05) is 27.2 Å². The molecule has 0 aromatic carbocycles. The van der Waals surface area contributed by atoms with Crippen molar-refractivity contribution in [3.8, 4) is 0 Å². The lowest BCUT2D eigenvalue weighted by Crippen LogP contribution is -2.31. The highest BCUT2D eigenvalue weighted by molar-refractivity contribution is 7.90. The third-order valence-corrected chi connectivity index (χ3v) is 4.47. The SMILES string of the molecule is CN(C)S(=O)(=O)Nc1ccc(N2CCCCC2)nn1. The Bertz CT molecular complexity index is 508. The number of piperidine rings is 1. The monoisotopic (exact) mass is 285 g/mol. The molecule has 0 bridgehead atoms. The lowest BCUT2D eigenvalue weighted by atomic mass is 10.1. The number of rotatable bonds is 4. The van der Waals surface area contributed by atoms with Gasteiger partial charge in [0.15, 0.2) is 11.6 Å². The molecule has 1 N–H and O–H groups in total. The minimum absolute atomic E-state index is 0.231. The van der Waals surface area contributed by atoms with Crippen LogP contribution in [0.3, 0.4) is 0 Å². The lowest BCUT2D eigenvalue weighted by Gasteiger charge is -2.27. The first kappa shape index (κ1) is 14.0. The van der Waals surface area contributed by atoms with E-state index in [4.69, 9.17) is 0 Å². The minimum Gasteiger partial charge on any atom is -0.355 e. The number of nitrogens with one attached hydrogen (secondary N) is 1. The standard InChI is InChI=1S/C11H19N5O2S/c1-15(2)19(17,18)14-10-6-7-11(13-12-10)16-8-4-3-5-9-16/h6-7H,3-5,8-9H2,1-2H3,(H,12,14). The molecule has 0 amide bonds. The predicted molar refractivity (Wildman–Crippen MR) is 74.3 cm³/mol. The Kier molecular flexibility index (Phi) is 4.20. The summed E-state index contributed by atoms with van der Waals surface area (Å²) in [7, 11) is -0.609. The number of nitrogens with zero attached hydrogens (tertiary/aromatic N) is 4. The molecular weight excluding hydrogens is 266 g/mol. The predicted octanol–water partition coefficient (Wildman–Crippen LogP) is 0.685. The molecule has 0 saturated carbocycles. The van der Waals surface area contributed by atoms with Crippen molar-refractivity contribution in [1.82, 2.24) is 14.5 Å². The maximum Gasteiger partial charge on any atom is 0.302 e. The molecule has 0 spiro atoms. The highest BCUT2D eigenvalue weighted by Crippen LogP contribution is 2.17. The molecule has 2 heterocycles. The number of aromatic nitrogens is 2. The van der Waals surface area contributed by atoms with Gasteiger partial charge < -0.3 is 4.90 Å². The molecule has 0 atom stereocenters. The molecule has 19 heavy (non-hydrogen) atoms. The van der Waals surface area contributed by atoms with Crippen molar-refractivity contribution in [2.45, 2.75) is 19.3 Å². The topological polar surface area (TPSA) is 78.4 Å². The van der Waals surface area contributed by atoms with Crippen LogP contribution in [0.25, 0.3) is 0 Å². The van der Waals surface area contributed by atoms with Gasteiger partial charge in [-0.05, 0) is 31.4 Å². The van der Waals surface area contributed by atoms with Crippen LogP contribution in [-0.2, 0) is 10.2 Å². The van der Waals surface area contributed by atoms with Crippen LogP contribution in [0.4, 0.5) is 11.6 Å². The van der Waals surface area contributed by atoms with Crippen LogP contribution < -0.4 is 9.62 Å². The molecule has 7 nitrogen and oxygen atoms in total. The molecule has 1 aliphatic rings. The smallest absolute Gasteiger partial charge is 0.302 e. The summed E-state index contributed by atoms with van der Waals surface area (Å²) in [5, 5.41) is 7.99. The molecule has 2 rings (SSSR count). The second-order valence-corrected chi connectivity index (χ2v) is 6.60. The molecule has 0 radical (unpaired) electrons. The van der Waals surface area contributed by atoms with E-state index in [1.165, 1.54) is 20.5 Å². The maximum absolute atomic E-state index is 11.6. The van der Waals surface area contributed by atoms with E-state index in [0.717, 1.165) is 36.1 Å². The van der Waals surface area contributed by atoms with Gasteiger partial charge in [0.1, 0.15) is 0 Å². The van der Waals surface area contributed by atoms with Crippen LogP contribution in [0.2, 0.25) is 0 Å². The van der Waals surface area contributed by atoms with Crippen molar-refractivity contribution in [2.24, 2.45) is 0 Å². The highest BCUT2D eigenvalue weighted by Gasteiger charge is 2.15. The Hall–Kier alpha value is -1.41. The number of hydrogen-bond acceptors (Lipinski definition) is 5. The second kappa shape index (κ2) is 5.70. The van der Waals surface area contributed by atoms with Crippen LogP contribution in [0.15, 0.2) is 12.1 Å². The molecule has 1 aromatic heterocycles. The van der Waals surface area contributed by atoms with Crippen molar-refractivity contribution in [3.05, 3.63) is 12.1 Å². The summed E-state index contributed by atoms with van der Waals surface area (Å²) in [4.78, 5) is 2.17. The average molecular weight is 285 g/mol. The fourth-order valence-electron chi connectivity index (χ4n) is 1.89. The summed E-state index contributed by atoms with van der Waals surface area (Å²) in [5.41, 5.74) is 0. The largest absolute Gasteiger partial charge is 0.355 e. The van der Waals surface area contributed by atoms with Crippen LogP contribution in [0.5, 0.6) is 0 Å². The molecule has 106 valence electrons. The third kappa shape index (κ3) is 3.54. The van der Waals surface area contributed by atoms with Crippen molar-refractivity contribution >= 4 is 21.8 Å². The van der Waals surface area contributed by atoms with E-state index in [0.29, 0.717) is 0 Å². The summed E-state index contributed by atoms with van der Waals surface area (Å²) in [6, 6.07) is 3.43. The van der Waals surface area contributed by atoms with Gasteiger partial charge in [0.2, 0.25) is 0 Å². The second-order valence-electron chi connectivity index (χ2n) is 4.71. The minimum atomic E-state index is -3.52. The van der Waals surface area contributed by atoms with Gasteiger partial charge in [-0.25, -0.2) is 0 Å². The van der Waals surface area contributed by atoms with Crippen LogP contribution in [0.1, 0.15) is 19.3 Å². The van der Waals surface area contributed by atoms with E-state index in [2.05, 4.69) is 19.8 Å². The van der Waals surface area contributed by atoms with Gasteiger partial charge in [0.25, 0.3) is 0 Å². The molecule has 0 aliphatic carbocycles. The summed E-state index contributed by atoms with van der Waals surface area (Å²) in [6.45, 7) is 1.97. The van der Waals surface area contributed by atoms with Crippen molar-refractivity contribution in [3.63, 3.8) is 0 Å². The molecular formula is C11H19N5O2S. The highest BCUT2D eigenvalue weighted by atomic mass is 32.2. The maximum atomic E-state index is 11.6. The fourth-order valence-corrected chi connectivity index (χ4v) is 2.45. The zero-order valence-electron chi connectivity index (χ0n) is 11.2. The lowest BCUT2D eigenvalue weighted by molar-refractivity contribution is 0.526. The van der Waals surface area contributed by atoms with E-state index in [-0.39, 0.29) is 5.82 Å². The zero-order valence-corrected chi connectivity index (χ0v) is 12.0. The van der Waals surface area contributed by atoms with Crippen molar-refractivity contribution < 1.29 is 8.42 Å². The van der Waals surface area contributed by atoms with Gasteiger partial charge >= 0.3 is 10.2 Å². The molecule has 1 saturated heterocycles. The Labute approximate surface area is 113 Å². The Morgan fingerprint density at radius 3 is 2.37 bits per heavy atom. The Balaban J connectivity index is 2.06. The summed E-state index contributed by atoms with van der Waals surface area (Å²) in [5.74, 6) is 1.03.